The molecule has 0 nitrogen and oxygen atoms in total. The summed E-state index contributed by atoms with van der Waals surface area (Å²) in [6.45, 7) is 11.2. The van der Waals surface area contributed by atoms with E-state index in [4.69, 9.17) is 0 Å². The molecular formula is C12H24B. The van der Waals surface area contributed by atoms with Crippen molar-refractivity contribution in [2.75, 3.05) is 0 Å². The SMILES string of the molecule is C[B]C(C)/C(C)=C(/C)CCCCC. The molecule has 0 spiro atoms. The van der Waals surface area contributed by atoms with Gasteiger partial charge in [-0.2, -0.15) is 0 Å². The Bertz CT molecular complexity index is 159. The summed E-state index contributed by atoms with van der Waals surface area (Å²) in [5.74, 6) is 0.654. The third-order valence-corrected chi connectivity index (χ3v) is 3.01. The van der Waals surface area contributed by atoms with Crippen LogP contribution in [0.25, 0.3) is 0 Å². The Kier molecular flexibility index (Phi) is 7.12. The van der Waals surface area contributed by atoms with Crippen LogP contribution in [-0.4, -0.2) is 7.28 Å². The quantitative estimate of drug-likeness (QED) is 0.320. The van der Waals surface area contributed by atoms with Crippen LogP contribution in [0.15, 0.2) is 11.1 Å². The summed E-state index contributed by atoms with van der Waals surface area (Å²) in [5, 5.41) is 0. The Morgan fingerprint density at radius 3 is 2.31 bits per heavy atom. The number of unbranched alkanes of at least 4 members (excludes halogenated alkanes) is 2. The van der Waals surface area contributed by atoms with Crippen molar-refractivity contribution in [3.63, 3.8) is 0 Å². The van der Waals surface area contributed by atoms with Crippen molar-refractivity contribution in [3.8, 4) is 0 Å². The Morgan fingerprint density at radius 2 is 1.85 bits per heavy atom. The highest BCUT2D eigenvalue weighted by Crippen LogP contribution is 2.22. The van der Waals surface area contributed by atoms with Crippen molar-refractivity contribution in [2.24, 2.45) is 0 Å². The summed E-state index contributed by atoms with van der Waals surface area (Å²) in [4.78, 5) is 0. The molecule has 13 heavy (non-hydrogen) atoms. The molecule has 0 aliphatic rings. The van der Waals surface area contributed by atoms with Crippen LogP contribution in [0, 0.1) is 0 Å². The fourth-order valence-corrected chi connectivity index (χ4v) is 1.48. The van der Waals surface area contributed by atoms with Gasteiger partial charge in [-0.25, -0.2) is 0 Å². The van der Waals surface area contributed by atoms with E-state index in [0.717, 1.165) is 0 Å². The maximum Gasteiger partial charge on any atom is 0.115 e. The largest absolute Gasteiger partial charge is 0.115 e. The van der Waals surface area contributed by atoms with Gasteiger partial charge in [0.05, 0.1) is 0 Å². The van der Waals surface area contributed by atoms with E-state index >= 15 is 0 Å². The van der Waals surface area contributed by atoms with Crippen LogP contribution in [-0.2, 0) is 0 Å². The molecule has 1 unspecified atom stereocenters. The van der Waals surface area contributed by atoms with E-state index in [2.05, 4.69) is 41.8 Å². The van der Waals surface area contributed by atoms with Crippen LogP contribution >= 0.6 is 0 Å². The van der Waals surface area contributed by atoms with Crippen LogP contribution < -0.4 is 0 Å². The molecule has 0 saturated carbocycles. The van der Waals surface area contributed by atoms with Crippen molar-refractivity contribution in [2.45, 2.75) is 66.0 Å². The number of hydrogen-bond acceptors (Lipinski definition) is 0. The molecule has 1 heteroatoms. The lowest BCUT2D eigenvalue weighted by molar-refractivity contribution is 0.707. The second kappa shape index (κ2) is 7.23. The molecule has 0 aliphatic carbocycles. The first-order chi connectivity index (χ1) is 6.13. The average Bonchev–Trinajstić information content (AvgIpc) is 2.15. The first kappa shape index (κ1) is 12.8. The molecule has 0 amide bonds. The second-order valence-electron chi connectivity index (χ2n) is 4.04. The number of rotatable bonds is 6. The monoisotopic (exact) mass is 179 g/mol. The maximum atomic E-state index is 2.28. The summed E-state index contributed by atoms with van der Waals surface area (Å²) in [6.07, 6.45) is 5.34. The van der Waals surface area contributed by atoms with Crippen LogP contribution in [0.3, 0.4) is 0 Å². The van der Waals surface area contributed by atoms with Crippen LogP contribution in [0.5, 0.6) is 0 Å². The van der Waals surface area contributed by atoms with E-state index in [-0.39, 0.29) is 0 Å². The standard InChI is InChI=1S/C12H24B/c1-6-7-8-9-10(2)11(3)12(4)13-5/h12H,6-9H2,1-5H3/b11-10-. The minimum atomic E-state index is 0.654. The van der Waals surface area contributed by atoms with Crippen molar-refractivity contribution >= 4 is 7.28 Å². The lowest BCUT2D eigenvalue weighted by Gasteiger charge is -2.13. The summed E-state index contributed by atoms with van der Waals surface area (Å²) in [5.41, 5.74) is 3.16. The predicted molar refractivity (Wildman–Crippen MR) is 63.6 cm³/mol. The molecule has 1 atom stereocenters. The molecule has 0 aromatic carbocycles. The fraction of sp³-hybridized carbons (Fsp3) is 0.833. The van der Waals surface area contributed by atoms with Gasteiger partial charge in [0.15, 0.2) is 0 Å². The number of allylic oxidation sites excluding steroid dienone is 2. The molecule has 0 heterocycles. The minimum absolute atomic E-state index is 0.654. The molecule has 0 saturated heterocycles. The van der Waals surface area contributed by atoms with Crippen LogP contribution in [0.1, 0.15) is 53.4 Å². The van der Waals surface area contributed by atoms with Crippen molar-refractivity contribution in [3.05, 3.63) is 11.1 Å². The van der Waals surface area contributed by atoms with Crippen LogP contribution in [0.2, 0.25) is 12.6 Å². The molecule has 0 aliphatic heterocycles. The fourth-order valence-electron chi connectivity index (χ4n) is 1.48. The van der Waals surface area contributed by atoms with Gasteiger partial charge < -0.3 is 0 Å². The average molecular weight is 179 g/mol. The summed E-state index contributed by atoms with van der Waals surface area (Å²) in [7, 11) is 2.28. The first-order valence-corrected chi connectivity index (χ1v) is 5.59. The summed E-state index contributed by atoms with van der Waals surface area (Å²) >= 11 is 0. The smallest absolute Gasteiger partial charge is 0.0914 e. The maximum absolute atomic E-state index is 2.28. The first-order valence-electron chi connectivity index (χ1n) is 5.59. The van der Waals surface area contributed by atoms with E-state index in [1.807, 2.05) is 0 Å². The predicted octanol–water partition coefficient (Wildman–Crippen LogP) is 4.46. The van der Waals surface area contributed by atoms with Gasteiger partial charge in [-0.3, -0.25) is 0 Å². The lowest BCUT2D eigenvalue weighted by Crippen LogP contribution is -1.98. The van der Waals surface area contributed by atoms with E-state index in [0.29, 0.717) is 5.82 Å². The summed E-state index contributed by atoms with van der Waals surface area (Å²) in [6, 6.07) is 0. The highest BCUT2D eigenvalue weighted by atomic mass is 14.0. The van der Waals surface area contributed by atoms with E-state index in [1.54, 1.807) is 11.1 Å². The molecule has 75 valence electrons. The molecule has 1 radical (unpaired) electrons. The normalized spacial score (nSPS) is 15.2. The zero-order valence-corrected chi connectivity index (χ0v) is 9.98. The molecular weight excluding hydrogens is 155 g/mol. The van der Waals surface area contributed by atoms with Gasteiger partial charge in [0, 0.05) is 0 Å². The van der Waals surface area contributed by atoms with Gasteiger partial charge in [0.2, 0.25) is 0 Å². The van der Waals surface area contributed by atoms with Gasteiger partial charge in [-0.05, 0) is 26.7 Å². The molecule has 0 aromatic heterocycles. The highest BCUT2D eigenvalue weighted by molar-refractivity contribution is 6.36. The van der Waals surface area contributed by atoms with E-state index < -0.39 is 0 Å². The Hall–Kier alpha value is -0.195. The molecule has 0 fully saturated rings. The van der Waals surface area contributed by atoms with Gasteiger partial charge in [0.25, 0.3) is 0 Å². The minimum Gasteiger partial charge on any atom is -0.0914 e. The summed E-state index contributed by atoms with van der Waals surface area (Å²) < 4.78 is 0. The van der Waals surface area contributed by atoms with Gasteiger partial charge >= 0.3 is 0 Å². The van der Waals surface area contributed by atoms with Crippen molar-refractivity contribution in [1.29, 1.82) is 0 Å². The van der Waals surface area contributed by atoms with E-state index in [1.165, 1.54) is 25.7 Å². The third-order valence-electron chi connectivity index (χ3n) is 3.01. The molecule has 0 N–H and O–H groups in total. The molecule has 0 aromatic rings. The molecule has 0 rings (SSSR count). The highest BCUT2D eigenvalue weighted by Gasteiger charge is 2.04. The van der Waals surface area contributed by atoms with Crippen molar-refractivity contribution in [1.82, 2.24) is 0 Å². The van der Waals surface area contributed by atoms with E-state index in [9.17, 15) is 0 Å². The zero-order valence-electron chi connectivity index (χ0n) is 9.98. The van der Waals surface area contributed by atoms with Gasteiger partial charge in [-0.1, -0.05) is 50.5 Å². The molecule has 0 bridgehead atoms. The second-order valence-corrected chi connectivity index (χ2v) is 4.04. The third kappa shape index (κ3) is 5.18. The van der Waals surface area contributed by atoms with Crippen LogP contribution in [0.4, 0.5) is 0 Å². The van der Waals surface area contributed by atoms with Gasteiger partial charge in [-0.15, -0.1) is 0 Å². The Balaban J connectivity index is 3.95. The van der Waals surface area contributed by atoms with Gasteiger partial charge in [0.1, 0.15) is 7.28 Å². The Morgan fingerprint density at radius 1 is 1.23 bits per heavy atom. The lowest BCUT2D eigenvalue weighted by atomic mass is 9.64. The Labute approximate surface area is 85.1 Å². The zero-order chi connectivity index (χ0) is 10.3. The topological polar surface area (TPSA) is 0 Å². The van der Waals surface area contributed by atoms with Crippen molar-refractivity contribution < 1.29 is 0 Å². The number of hydrogen-bond donors (Lipinski definition) is 0.